The molecule has 0 bridgehead atoms. The van der Waals surface area contributed by atoms with Crippen LogP contribution in [0.4, 0.5) is 0 Å². The van der Waals surface area contributed by atoms with E-state index in [2.05, 4.69) is 10.6 Å². The number of nitrogens with one attached hydrogen (secondary N) is 2. The van der Waals surface area contributed by atoms with Crippen LogP contribution in [0.1, 0.15) is 59.8 Å². The molecule has 0 radical (unpaired) electrons. The average molecular weight is 607 g/mol. The third-order valence-corrected chi connectivity index (χ3v) is 8.90. The van der Waals surface area contributed by atoms with Crippen LogP contribution in [0.15, 0.2) is 50.0 Å². The Kier molecular flexibility index (Phi) is 10.3. The molecule has 228 valence electrons. The second-order valence-corrected chi connectivity index (χ2v) is 11.9. The first kappa shape index (κ1) is 31.9. The third kappa shape index (κ3) is 7.30. The summed E-state index contributed by atoms with van der Waals surface area (Å²) in [4.78, 5) is 51.4. The Morgan fingerprint density at radius 3 is 2.26 bits per heavy atom. The summed E-state index contributed by atoms with van der Waals surface area (Å²) < 4.78 is 11.6. The summed E-state index contributed by atoms with van der Waals surface area (Å²) in [5.41, 5.74) is 4.05. The van der Waals surface area contributed by atoms with Crippen molar-refractivity contribution in [2.45, 2.75) is 78.1 Å². The minimum Gasteiger partial charge on any atom is -0.480 e. The minimum atomic E-state index is -1.15. The highest BCUT2D eigenvalue weighted by molar-refractivity contribution is 7.98. The van der Waals surface area contributed by atoms with E-state index >= 15 is 0 Å². The van der Waals surface area contributed by atoms with Crippen LogP contribution in [0.2, 0.25) is 0 Å². The number of benzene rings is 2. The number of carbonyl (C=O) groups is 3. The molecule has 2 heterocycles. The van der Waals surface area contributed by atoms with Crippen LogP contribution in [0.5, 0.6) is 0 Å². The number of thioether (sulfide) groups is 1. The lowest BCUT2D eigenvalue weighted by Gasteiger charge is -2.21. The number of carboxylic acid groups (broad SMARTS) is 1. The molecule has 3 N–H and O–H groups in total. The molecule has 0 aliphatic heterocycles. The van der Waals surface area contributed by atoms with Crippen molar-refractivity contribution in [2.75, 3.05) is 5.75 Å². The SMILES string of the molecule is CCCCC(NC(=O)Cc1c(C)c2cc3c(C)c(C)oc3c(C)c2oc1=O)C(=O)NC(CSCc1ccccc1)C(=O)O. The van der Waals surface area contributed by atoms with E-state index < -0.39 is 35.5 Å². The Labute approximate surface area is 254 Å². The molecule has 4 aromatic rings. The summed E-state index contributed by atoms with van der Waals surface area (Å²) >= 11 is 1.40. The molecule has 0 aliphatic rings. The topological polar surface area (TPSA) is 139 Å². The van der Waals surface area contributed by atoms with Crippen molar-refractivity contribution in [1.29, 1.82) is 0 Å². The largest absolute Gasteiger partial charge is 0.480 e. The molecule has 10 heteroatoms. The van der Waals surface area contributed by atoms with Crippen molar-refractivity contribution in [3.63, 3.8) is 0 Å². The lowest BCUT2D eigenvalue weighted by atomic mass is 9.98. The van der Waals surface area contributed by atoms with Gasteiger partial charge in [-0.15, -0.1) is 0 Å². The minimum absolute atomic E-state index is 0.171. The number of hydrogen-bond donors (Lipinski definition) is 3. The van der Waals surface area contributed by atoms with E-state index in [0.717, 1.165) is 28.7 Å². The fourth-order valence-electron chi connectivity index (χ4n) is 5.10. The zero-order valence-corrected chi connectivity index (χ0v) is 26.0. The average Bonchev–Trinajstić information content (AvgIpc) is 3.27. The van der Waals surface area contributed by atoms with Gasteiger partial charge in [0.05, 0.1) is 12.0 Å². The van der Waals surface area contributed by atoms with Crippen molar-refractivity contribution < 1.29 is 28.3 Å². The number of carboxylic acids is 1. The molecular weight excluding hydrogens is 568 g/mol. The van der Waals surface area contributed by atoms with Crippen molar-refractivity contribution in [3.8, 4) is 0 Å². The van der Waals surface area contributed by atoms with Gasteiger partial charge in [-0.2, -0.15) is 11.8 Å². The quantitative estimate of drug-likeness (QED) is 0.170. The monoisotopic (exact) mass is 606 g/mol. The smallest absolute Gasteiger partial charge is 0.340 e. The maximum atomic E-state index is 13.2. The van der Waals surface area contributed by atoms with Gasteiger partial charge in [-0.25, -0.2) is 9.59 Å². The normalized spacial score (nSPS) is 12.8. The maximum Gasteiger partial charge on any atom is 0.340 e. The maximum absolute atomic E-state index is 13.2. The number of carbonyl (C=O) groups excluding carboxylic acids is 2. The lowest BCUT2D eigenvalue weighted by molar-refractivity contribution is -0.141. The zero-order valence-electron chi connectivity index (χ0n) is 25.2. The Morgan fingerprint density at radius 2 is 1.58 bits per heavy atom. The number of fused-ring (bicyclic) bond motifs is 2. The summed E-state index contributed by atoms with van der Waals surface area (Å²) in [6.45, 7) is 9.42. The van der Waals surface area contributed by atoms with Gasteiger partial charge >= 0.3 is 11.6 Å². The Hall–Kier alpha value is -4.05. The van der Waals surface area contributed by atoms with Gasteiger partial charge in [-0.3, -0.25) is 9.59 Å². The second-order valence-electron chi connectivity index (χ2n) is 10.9. The molecule has 43 heavy (non-hydrogen) atoms. The first-order valence-electron chi connectivity index (χ1n) is 14.4. The Balaban J connectivity index is 1.49. The van der Waals surface area contributed by atoms with E-state index in [4.69, 9.17) is 8.83 Å². The first-order valence-corrected chi connectivity index (χ1v) is 15.6. The Morgan fingerprint density at radius 1 is 0.907 bits per heavy atom. The predicted octanol–water partition coefficient (Wildman–Crippen LogP) is 5.49. The van der Waals surface area contributed by atoms with Gasteiger partial charge in [0.25, 0.3) is 0 Å². The van der Waals surface area contributed by atoms with Crippen LogP contribution in [0.3, 0.4) is 0 Å². The molecule has 0 fully saturated rings. The highest BCUT2D eigenvalue weighted by atomic mass is 32.2. The van der Waals surface area contributed by atoms with Crippen LogP contribution >= 0.6 is 11.8 Å². The third-order valence-electron chi connectivity index (χ3n) is 7.79. The van der Waals surface area contributed by atoms with Crippen LogP contribution < -0.4 is 16.3 Å². The first-order chi connectivity index (χ1) is 20.5. The number of amides is 2. The van der Waals surface area contributed by atoms with Gasteiger partial charge < -0.3 is 24.6 Å². The van der Waals surface area contributed by atoms with Crippen molar-refractivity contribution in [1.82, 2.24) is 10.6 Å². The second kappa shape index (κ2) is 13.9. The number of unbranched alkanes of at least 4 members (excludes halogenated alkanes) is 1. The Bertz CT molecular complexity index is 1710. The molecular formula is C33H38N2O7S. The highest BCUT2D eigenvalue weighted by Gasteiger charge is 2.27. The zero-order chi connectivity index (χ0) is 31.3. The lowest BCUT2D eigenvalue weighted by Crippen LogP contribution is -2.52. The van der Waals surface area contributed by atoms with Crippen molar-refractivity contribution in [2.24, 2.45) is 0 Å². The van der Waals surface area contributed by atoms with Gasteiger partial charge in [-0.05, 0) is 56.9 Å². The van der Waals surface area contributed by atoms with E-state index in [1.54, 1.807) is 6.92 Å². The van der Waals surface area contributed by atoms with Crippen LogP contribution in [-0.4, -0.2) is 40.7 Å². The van der Waals surface area contributed by atoms with Crippen LogP contribution in [0, 0.1) is 27.7 Å². The molecule has 0 aliphatic carbocycles. The van der Waals surface area contributed by atoms with Gasteiger partial charge in [0.2, 0.25) is 11.8 Å². The molecule has 2 aromatic heterocycles. The molecule has 4 rings (SSSR count). The molecule has 2 amide bonds. The number of hydrogen-bond acceptors (Lipinski definition) is 7. The summed E-state index contributed by atoms with van der Waals surface area (Å²) in [6.07, 6.45) is 1.48. The molecule has 2 aromatic carbocycles. The number of aliphatic carboxylic acids is 1. The van der Waals surface area contributed by atoms with Crippen LogP contribution in [0.25, 0.3) is 21.9 Å². The summed E-state index contributed by atoms with van der Waals surface area (Å²) in [5.74, 6) is -0.681. The molecule has 0 spiro atoms. The number of furan rings is 1. The van der Waals surface area contributed by atoms with E-state index in [1.807, 2.05) is 64.1 Å². The van der Waals surface area contributed by atoms with E-state index in [9.17, 15) is 24.3 Å². The summed E-state index contributed by atoms with van der Waals surface area (Å²) in [5, 5.41) is 16.7. The van der Waals surface area contributed by atoms with Gasteiger partial charge in [-0.1, -0.05) is 50.1 Å². The van der Waals surface area contributed by atoms with Crippen molar-refractivity contribution in [3.05, 3.63) is 80.4 Å². The van der Waals surface area contributed by atoms with Gasteiger partial charge in [0.15, 0.2) is 0 Å². The fraction of sp³-hybridized carbons (Fsp3) is 0.394. The highest BCUT2D eigenvalue weighted by Crippen LogP contribution is 2.34. The predicted molar refractivity (Wildman–Crippen MR) is 169 cm³/mol. The van der Waals surface area contributed by atoms with E-state index in [0.29, 0.717) is 46.3 Å². The summed E-state index contributed by atoms with van der Waals surface area (Å²) in [7, 11) is 0. The van der Waals surface area contributed by atoms with Crippen LogP contribution in [-0.2, 0) is 26.6 Å². The number of rotatable bonds is 13. The molecule has 0 saturated carbocycles. The molecule has 2 unspecified atom stereocenters. The van der Waals surface area contributed by atoms with E-state index in [-0.39, 0.29) is 17.7 Å². The molecule has 9 nitrogen and oxygen atoms in total. The fourth-order valence-corrected chi connectivity index (χ4v) is 6.10. The van der Waals surface area contributed by atoms with E-state index in [1.165, 1.54) is 11.8 Å². The van der Waals surface area contributed by atoms with Crippen molar-refractivity contribution >= 4 is 51.5 Å². The molecule has 2 atom stereocenters. The van der Waals surface area contributed by atoms with Gasteiger partial charge in [0.1, 0.15) is 29.0 Å². The molecule has 0 saturated heterocycles. The number of aryl methyl sites for hydroxylation is 4. The summed E-state index contributed by atoms with van der Waals surface area (Å²) in [6, 6.07) is 9.51. The van der Waals surface area contributed by atoms with Gasteiger partial charge in [0, 0.05) is 27.8 Å². The standard InChI is InChI=1S/C33H38N2O7S/c1-6-7-13-26(31(37)35-27(32(38)39)17-43-16-22-11-9-8-10-12-22)34-28(36)15-25-19(3)24-14-23-18(2)21(5)41-29(23)20(4)30(24)42-33(25)40/h8-12,14,26-27H,6-7,13,15-17H2,1-5H3,(H,34,36)(H,35,37)(H,38,39).